The van der Waals surface area contributed by atoms with Gasteiger partial charge >= 0.3 is 0 Å². The van der Waals surface area contributed by atoms with Crippen molar-refractivity contribution in [1.29, 1.82) is 0 Å². The smallest absolute Gasteiger partial charge is 0.142 e. The van der Waals surface area contributed by atoms with Gasteiger partial charge in [-0.1, -0.05) is 31.2 Å². The van der Waals surface area contributed by atoms with E-state index in [1.807, 2.05) is 0 Å². The van der Waals surface area contributed by atoms with Crippen molar-refractivity contribution in [3.63, 3.8) is 0 Å². The van der Waals surface area contributed by atoms with Crippen LogP contribution >= 0.6 is 11.3 Å². The van der Waals surface area contributed by atoms with Gasteiger partial charge in [0.25, 0.3) is 0 Å². The SMILES string of the molecule is CCc1ccc(CC(=O)C2C3CCc4ccccc4C32)s1. The van der Waals surface area contributed by atoms with Crippen molar-refractivity contribution in [1.82, 2.24) is 0 Å². The Morgan fingerprint density at radius 2 is 2.00 bits per heavy atom. The Morgan fingerprint density at radius 1 is 1.19 bits per heavy atom. The van der Waals surface area contributed by atoms with E-state index in [1.165, 1.54) is 27.3 Å². The number of aryl methyl sites for hydroxylation is 2. The summed E-state index contributed by atoms with van der Waals surface area (Å²) in [6.07, 6.45) is 4.06. The molecule has 0 saturated heterocycles. The lowest BCUT2D eigenvalue weighted by Crippen LogP contribution is -2.06. The molecule has 0 radical (unpaired) electrons. The standard InChI is InChI=1S/C19H20OS/c1-2-13-8-9-14(21-13)11-17(20)19-16-10-7-12-5-3-4-6-15(12)18(16)19/h3-6,8-9,16,18-19H,2,7,10-11H2,1H3. The Kier molecular flexibility index (Phi) is 3.22. The molecule has 2 aliphatic carbocycles. The van der Waals surface area contributed by atoms with Gasteiger partial charge in [0.15, 0.2) is 0 Å². The molecule has 0 spiro atoms. The fraction of sp³-hybridized carbons (Fsp3) is 0.421. The van der Waals surface area contributed by atoms with Crippen molar-refractivity contribution >= 4 is 17.1 Å². The molecule has 2 aliphatic rings. The van der Waals surface area contributed by atoms with Crippen LogP contribution in [0.15, 0.2) is 36.4 Å². The van der Waals surface area contributed by atoms with Gasteiger partial charge in [-0.15, -0.1) is 11.3 Å². The normalized spacial score (nSPS) is 26.0. The van der Waals surface area contributed by atoms with Gasteiger partial charge in [-0.2, -0.15) is 0 Å². The quantitative estimate of drug-likeness (QED) is 0.817. The molecule has 2 aromatic rings. The van der Waals surface area contributed by atoms with Crippen molar-refractivity contribution < 1.29 is 4.79 Å². The van der Waals surface area contributed by atoms with E-state index in [1.54, 1.807) is 11.3 Å². The van der Waals surface area contributed by atoms with Gasteiger partial charge in [-0.3, -0.25) is 4.79 Å². The number of carbonyl (C=O) groups is 1. The first-order chi connectivity index (χ1) is 10.3. The number of hydrogen-bond donors (Lipinski definition) is 0. The largest absolute Gasteiger partial charge is 0.299 e. The maximum absolute atomic E-state index is 12.7. The van der Waals surface area contributed by atoms with Crippen LogP contribution in [0.4, 0.5) is 0 Å². The Balaban J connectivity index is 1.50. The van der Waals surface area contributed by atoms with Gasteiger partial charge < -0.3 is 0 Å². The summed E-state index contributed by atoms with van der Waals surface area (Å²) in [5.74, 6) is 1.90. The predicted molar refractivity (Wildman–Crippen MR) is 86.9 cm³/mol. The molecule has 1 saturated carbocycles. The first kappa shape index (κ1) is 13.3. The minimum Gasteiger partial charge on any atom is -0.299 e. The summed E-state index contributed by atoms with van der Waals surface area (Å²) < 4.78 is 0. The van der Waals surface area contributed by atoms with Crippen LogP contribution in [0.3, 0.4) is 0 Å². The number of rotatable bonds is 4. The fourth-order valence-electron chi connectivity index (χ4n) is 4.00. The lowest BCUT2D eigenvalue weighted by molar-refractivity contribution is -0.119. The average Bonchev–Trinajstić information content (AvgIpc) is 3.10. The summed E-state index contributed by atoms with van der Waals surface area (Å²) in [7, 11) is 0. The van der Waals surface area contributed by atoms with E-state index in [2.05, 4.69) is 43.3 Å². The third kappa shape index (κ3) is 2.26. The van der Waals surface area contributed by atoms with Gasteiger partial charge in [0.1, 0.15) is 5.78 Å². The third-order valence-electron chi connectivity index (χ3n) is 5.12. The highest BCUT2D eigenvalue weighted by Crippen LogP contribution is 2.60. The molecule has 0 bridgehead atoms. The first-order valence-electron chi connectivity index (χ1n) is 7.96. The topological polar surface area (TPSA) is 17.1 Å². The maximum atomic E-state index is 12.7. The zero-order valence-electron chi connectivity index (χ0n) is 12.3. The van der Waals surface area contributed by atoms with Crippen molar-refractivity contribution in [2.24, 2.45) is 11.8 Å². The molecule has 0 amide bonds. The zero-order valence-corrected chi connectivity index (χ0v) is 13.2. The van der Waals surface area contributed by atoms with Gasteiger partial charge in [-0.25, -0.2) is 0 Å². The third-order valence-corrected chi connectivity index (χ3v) is 6.35. The molecule has 0 aliphatic heterocycles. The second-order valence-electron chi connectivity index (χ2n) is 6.32. The molecular formula is C19H20OS. The van der Waals surface area contributed by atoms with Crippen LogP contribution in [0.5, 0.6) is 0 Å². The number of thiophene rings is 1. The van der Waals surface area contributed by atoms with Crippen LogP contribution in [0.1, 0.15) is 40.1 Å². The lowest BCUT2D eigenvalue weighted by atomic mass is 9.92. The molecule has 108 valence electrons. The highest BCUT2D eigenvalue weighted by atomic mass is 32.1. The molecule has 2 heteroatoms. The number of carbonyl (C=O) groups excluding carboxylic acids is 1. The summed E-state index contributed by atoms with van der Waals surface area (Å²) in [6.45, 7) is 2.17. The second-order valence-corrected chi connectivity index (χ2v) is 7.57. The van der Waals surface area contributed by atoms with Crippen LogP contribution in [0.2, 0.25) is 0 Å². The zero-order chi connectivity index (χ0) is 14.4. The first-order valence-corrected chi connectivity index (χ1v) is 8.77. The van der Waals surface area contributed by atoms with E-state index in [-0.39, 0.29) is 0 Å². The van der Waals surface area contributed by atoms with Crippen LogP contribution in [-0.4, -0.2) is 5.78 Å². The Hall–Kier alpha value is -1.41. The van der Waals surface area contributed by atoms with E-state index in [4.69, 9.17) is 0 Å². The number of ketones is 1. The summed E-state index contributed by atoms with van der Waals surface area (Å²) in [4.78, 5) is 15.3. The van der Waals surface area contributed by atoms with Crippen molar-refractivity contribution in [3.05, 3.63) is 57.3 Å². The summed E-state index contributed by atoms with van der Waals surface area (Å²) in [5.41, 5.74) is 2.92. The van der Waals surface area contributed by atoms with Crippen LogP contribution in [0, 0.1) is 11.8 Å². The number of benzene rings is 1. The van der Waals surface area contributed by atoms with Crippen molar-refractivity contribution in [2.75, 3.05) is 0 Å². The molecule has 3 unspecified atom stereocenters. The monoisotopic (exact) mass is 296 g/mol. The Bertz CT molecular complexity index is 684. The average molecular weight is 296 g/mol. The summed E-state index contributed by atoms with van der Waals surface area (Å²) >= 11 is 1.80. The van der Waals surface area contributed by atoms with Gasteiger partial charge in [0.2, 0.25) is 0 Å². The minimum absolute atomic E-state index is 0.292. The molecule has 1 heterocycles. The van der Waals surface area contributed by atoms with E-state index >= 15 is 0 Å². The molecule has 1 nitrogen and oxygen atoms in total. The lowest BCUT2D eigenvalue weighted by Gasteiger charge is -2.13. The fourth-order valence-corrected chi connectivity index (χ4v) is 4.97. The highest BCUT2D eigenvalue weighted by Gasteiger charge is 2.56. The van der Waals surface area contributed by atoms with E-state index in [0.717, 1.165) is 12.8 Å². The Labute approximate surface area is 130 Å². The predicted octanol–water partition coefficient (Wildman–Crippen LogP) is 4.40. The highest BCUT2D eigenvalue weighted by molar-refractivity contribution is 7.12. The molecule has 4 rings (SSSR count). The van der Waals surface area contributed by atoms with Crippen LogP contribution in [0.25, 0.3) is 0 Å². The number of Topliss-reactive ketones (excluding diaryl/α,β-unsaturated/α-hetero) is 1. The Morgan fingerprint density at radius 3 is 2.81 bits per heavy atom. The summed E-state index contributed by atoms with van der Waals surface area (Å²) in [6, 6.07) is 13.0. The number of hydrogen-bond acceptors (Lipinski definition) is 2. The van der Waals surface area contributed by atoms with Crippen LogP contribution in [-0.2, 0) is 24.1 Å². The molecule has 1 aromatic carbocycles. The molecule has 1 aromatic heterocycles. The van der Waals surface area contributed by atoms with E-state index < -0.39 is 0 Å². The second kappa shape index (κ2) is 5.10. The van der Waals surface area contributed by atoms with Gasteiger partial charge in [-0.05, 0) is 54.4 Å². The maximum Gasteiger partial charge on any atom is 0.142 e. The summed E-state index contributed by atoms with van der Waals surface area (Å²) in [5, 5.41) is 0. The van der Waals surface area contributed by atoms with Crippen molar-refractivity contribution in [3.8, 4) is 0 Å². The van der Waals surface area contributed by atoms with Gasteiger partial charge in [0, 0.05) is 22.1 Å². The molecule has 21 heavy (non-hydrogen) atoms. The molecular weight excluding hydrogens is 276 g/mol. The van der Waals surface area contributed by atoms with Crippen LogP contribution < -0.4 is 0 Å². The van der Waals surface area contributed by atoms with Gasteiger partial charge in [0.05, 0.1) is 0 Å². The molecule has 1 fully saturated rings. The number of fused-ring (bicyclic) bond motifs is 3. The van der Waals surface area contributed by atoms with E-state index in [9.17, 15) is 4.79 Å². The molecule has 3 atom stereocenters. The van der Waals surface area contributed by atoms with Crippen molar-refractivity contribution in [2.45, 2.75) is 38.5 Å². The minimum atomic E-state index is 0.292. The van der Waals surface area contributed by atoms with E-state index in [0.29, 0.717) is 30.0 Å². The molecule has 0 N–H and O–H groups in total.